The van der Waals surface area contributed by atoms with Crippen LogP contribution in [0.5, 0.6) is 5.75 Å². The average Bonchev–Trinajstić information content (AvgIpc) is 2.58. The summed E-state index contributed by atoms with van der Waals surface area (Å²) in [5.74, 6) is 0.643. The topological polar surface area (TPSA) is 64.3 Å². The first-order valence-corrected chi connectivity index (χ1v) is 7.52. The summed E-state index contributed by atoms with van der Waals surface area (Å²) in [4.78, 5) is 12.0. The number of benzene rings is 2. The molecule has 0 aliphatic heterocycles. The third-order valence-electron chi connectivity index (χ3n) is 3.32. The van der Waals surface area contributed by atoms with Crippen molar-refractivity contribution in [2.75, 3.05) is 6.54 Å². The van der Waals surface area contributed by atoms with E-state index < -0.39 is 0 Å². The van der Waals surface area contributed by atoms with Crippen molar-refractivity contribution in [3.8, 4) is 5.75 Å². The zero-order valence-electron chi connectivity index (χ0n) is 13.2. The Bertz CT molecular complexity index is 618. The Morgan fingerprint density at radius 3 is 2.57 bits per heavy atom. The molecule has 0 atom stereocenters. The van der Waals surface area contributed by atoms with Gasteiger partial charge in [-0.15, -0.1) is 12.4 Å². The number of nitrogens with two attached hydrogens (primary N) is 1. The molecule has 0 bridgehead atoms. The second-order valence-electron chi connectivity index (χ2n) is 5.06. The maximum Gasteiger partial charge on any atom is 0.251 e. The van der Waals surface area contributed by atoms with Crippen LogP contribution in [0.25, 0.3) is 0 Å². The third kappa shape index (κ3) is 5.58. The Hall–Kier alpha value is -2.04. The highest BCUT2D eigenvalue weighted by Gasteiger charge is 2.09. The van der Waals surface area contributed by atoms with E-state index in [4.69, 9.17) is 10.5 Å². The molecule has 124 valence electrons. The van der Waals surface area contributed by atoms with Crippen LogP contribution < -0.4 is 15.8 Å². The van der Waals surface area contributed by atoms with E-state index in [-0.39, 0.29) is 18.3 Å². The van der Waals surface area contributed by atoms with Crippen LogP contribution in [0.4, 0.5) is 0 Å². The minimum Gasteiger partial charge on any atom is -0.489 e. The van der Waals surface area contributed by atoms with Crippen LogP contribution in [0.1, 0.15) is 34.8 Å². The number of amides is 1. The maximum absolute atomic E-state index is 12.0. The molecule has 0 saturated carbocycles. The molecule has 0 saturated heterocycles. The first-order chi connectivity index (χ1) is 10.7. The van der Waals surface area contributed by atoms with E-state index in [9.17, 15) is 4.79 Å². The van der Waals surface area contributed by atoms with Gasteiger partial charge in [-0.25, -0.2) is 0 Å². The molecule has 0 spiro atoms. The SMILES string of the molecule is CCCNC(=O)c1ccc(OCc2ccccc2)c(CN)c1.Cl. The van der Waals surface area contributed by atoms with Gasteiger partial charge in [-0.2, -0.15) is 0 Å². The molecule has 0 heterocycles. The van der Waals surface area contributed by atoms with Crippen molar-refractivity contribution in [3.63, 3.8) is 0 Å². The molecule has 0 aliphatic rings. The lowest BCUT2D eigenvalue weighted by Crippen LogP contribution is -2.24. The summed E-state index contributed by atoms with van der Waals surface area (Å²) in [7, 11) is 0. The van der Waals surface area contributed by atoms with Gasteiger partial charge in [-0.1, -0.05) is 37.3 Å². The molecule has 0 unspecified atom stereocenters. The number of carbonyl (C=O) groups is 1. The van der Waals surface area contributed by atoms with Gasteiger partial charge in [0.2, 0.25) is 0 Å². The maximum atomic E-state index is 12.0. The standard InChI is InChI=1S/C18H22N2O2.ClH/c1-2-10-20-18(21)15-8-9-17(16(11-15)12-19)22-13-14-6-4-3-5-7-14;/h3-9,11H,2,10,12-13,19H2,1H3,(H,20,21);1H. The average molecular weight is 335 g/mol. The number of rotatable bonds is 7. The van der Waals surface area contributed by atoms with Crippen molar-refractivity contribution in [3.05, 3.63) is 65.2 Å². The van der Waals surface area contributed by atoms with Gasteiger partial charge in [-0.3, -0.25) is 4.79 Å². The number of ether oxygens (including phenoxy) is 1. The van der Waals surface area contributed by atoms with Crippen molar-refractivity contribution in [2.45, 2.75) is 26.5 Å². The summed E-state index contributed by atoms with van der Waals surface area (Å²) in [6.07, 6.45) is 0.910. The predicted molar refractivity (Wildman–Crippen MR) is 95.0 cm³/mol. The molecule has 0 radical (unpaired) electrons. The fourth-order valence-electron chi connectivity index (χ4n) is 2.10. The quantitative estimate of drug-likeness (QED) is 0.816. The highest BCUT2D eigenvalue weighted by atomic mass is 35.5. The fraction of sp³-hybridized carbons (Fsp3) is 0.278. The van der Waals surface area contributed by atoms with Gasteiger partial charge < -0.3 is 15.8 Å². The largest absolute Gasteiger partial charge is 0.489 e. The molecule has 1 amide bonds. The van der Waals surface area contributed by atoms with E-state index >= 15 is 0 Å². The van der Waals surface area contributed by atoms with Crippen molar-refractivity contribution < 1.29 is 9.53 Å². The van der Waals surface area contributed by atoms with E-state index in [1.807, 2.05) is 43.3 Å². The van der Waals surface area contributed by atoms with Gasteiger partial charge in [0.05, 0.1) is 0 Å². The number of nitrogens with one attached hydrogen (secondary N) is 1. The molecule has 4 nitrogen and oxygen atoms in total. The van der Waals surface area contributed by atoms with Crippen LogP contribution in [0.2, 0.25) is 0 Å². The first-order valence-electron chi connectivity index (χ1n) is 7.52. The second kappa shape index (κ2) is 9.87. The molecule has 3 N–H and O–H groups in total. The molecular formula is C18H23ClN2O2. The van der Waals surface area contributed by atoms with E-state index in [1.54, 1.807) is 12.1 Å². The summed E-state index contributed by atoms with van der Waals surface area (Å²) in [5, 5.41) is 2.86. The second-order valence-corrected chi connectivity index (χ2v) is 5.06. The Balaban J connectivity index is 0.00000264. The summed E-state index contributed by atoms with van der Waals surface area (Å²) < 4.78 is 5.82. The highest BCUT2D eigenvalue weighted by Crippen LogP contribution is 2.21. The fourth-order valence-corrected chi connectivity index (χ4v) is 2.10. The van der Waals surface area contributed by atoms with Gasteiger partial charge in [0, 0.05) is 24.2 Å². The summed E-state index contributed by atoms with van der Waals surface area (Å²) >= 11 is 0. The van der Waals surface area contributed by atoms with Gasteiger partial charge in [0.1, 0.15) is 12.4 Å². The van der Waals surface area contributed by atoms with Crippen LogP contribution >= 0.6 is 12.4 Å². The molecule has 0 fully saturated rings. The van der Waals surface area contributed by atoms with E-state index in [0.717, 1.165) is 23.3 Å². The highest BCUT2D eigenvalue weighted by molar-refractivity contribution is 5.94. The smallest absolute Gasteiger partial charge is 0.251 e. The normalized spacial score (nSPS) is 9.83. The van der Waals surface area contributed by atoms with Crippen molar-refractivity contribution in [2.24, 2.45) is 5.73 Å². The summed E-state index contributed by atoms with van der Waals surface area (Å²) in [6, 6.07) is 15.3. The van der Waals surface area contributed by atoms with Gasteiger partial charge in [0.25, 0.3) is 5.91 Å². The minimum atomic E-state index is -0.0776. The van der Waals surface area contributed by atoms with E-state index in [2.05, 4.69) is 5.32 Å². The molecule has 23 heavy (non-hydrogen) atoms. The van der Waals surface area contributed by atoms with Gasteiger partial charge >= 0.3 is 0 Å². The molecule has 5 heteroatoms. The zero-order valence-corrected chi connectivity index (χ0v) is 14.1. The van der Waals surface area contributed by atoms with Crippen LogP contribution in [-0.2, 0) is 13.2 Å². The van der Waals surface area contributed by atoms with Crippen molar-refractivity contribution in [1.29, 1.82) is 0 Å². The molecule has 2 aromatic rings. The number of hydrogen-bond acceptors (Lipinski definition) is 3. The summed E-state index contributed by atoms with van der Waals surface area (Å²) in [5.41, 5.74) is 8.32. The Morgan fingerprint density at radius 2 is 1.91 bits per heavy atom. The Kier molecular flexibility index (Phi) is 8.16. The van der Waals surface area contributed by atoms with E-state index in [0.29, 0.717) is 25.3 Å². The zero-order chi connectivity index (χ0) is 15.8. The van der Waals surface area contributed by atoms with Crippen molar-refractivity contribution >= 4 is 18.3 Å². The van der Waals surface area contributed by atoms with Crippen LogP contribution in [0, 0.1) is 0 Å². The van der Waals surface area contributed by atoms with E-state index in [1.165, 1.54) is 0 Å². The minimum absolute atomic E-state index is 0. The first kappa shape index (κ1) is 19.0. The monoisotopic (exact) mass is 334 g/mol. The Labute approximate surface area is 143 Å². The Morgan fingerprint density at radius 1 is 1.17 bits per heavy atom. The lowest BCUT2D eigenvalue weighted by molar-refractivity contribution is 0.0953. The number of halogens is 1. The molecule has 0 aromatic heterocycles. The lowest BCUT2D eigenvalue weighted by Gasteiger charge is -2.12. The summed E-state index contributed by atoms with van der Waals surface area (Å²) in [6.45, 7) is 3.50. The molecule has 2 aromatic carbocycles. The lowest BCUT2D eigenvalue weighted by atomic mass is 10.1. The van der Waals surface area contributed by atoms with Gasteiger partial charge in [-0.05, 0) is 30.2 Å². The van der Waals surface area contributed by atoms with Crippen molar-refractivity contribution in [1.82, 2.24) is 5.32 Å². The predicted octanol–water partition coefficient (Wildman–Crippen LogP) is 3.29. The number of carbonyl (C=O) groups excluding carboxylic acids is 1. The molecular weight excluding hydrogens is 312 g/mol. The van der Waals surface area contributed by atoms with Gasteiger partial charge in [0.15, 0.2) is 0 Å². The van der Waals surface area contributed by atoms with Crippen LogP contribution in [-0.4, -0.2) is 12.5 Å². The molecule has 2 rings (SSSR count). The third-order valence-corrected chi connectivity index (χ3v) is 3.32. The number of hydrogen-bond donors (Lipinski definition) is 2. The van der Waals surface area contributed by atoms with Crippen LogP contribution in [0.15, 0.2) is 48.5 Å². The molecule has 0 aliphatic carbocycles. The van der Waals surface area contributed by atoms with Crippen LogP contribution in [0.3, 0.4) is 0 Å².